The van der Waals surface area contributed by atoms with Gasteiger partial charge >= 0.3 is 6.03 Å². The Hall–Kier alpha value is -2.81. The first-order valence-corrected chi connectivity index (χ1v) is 12.7. The van der Waals surface area contributed by atoms with Gasteiger partial charge in [0.25, 0.3) is 5.91 Å². The summed E-state index contributed by atoms with van der Waals surface area (Å²) in [6.07, 6.45) is 3.56. The van der Waals surface area contributed by atoms with Crippen LogP contribution in [-0.4, -0.2) is 80.2 Å². The molecule has 0 radical (unpaired) electrons. The van der Waals surface area contributed by atoms with Crippen molar-refractivity contribution in [3.05, 3.63) is 23.8 Å². The number of likely N-dealkylation sites (N-methyl/N-ethyl adjacent to an activating group) is 1. The summed E-state index contributed by atoms with van der Waals surface area (Å²) in [5.74, 6) is 0.487. The summed E-state index contributed by atoms with van der Waals surface area (Å²) in [5.41, 5.74) is 0.856. The molecular weight excluding hydrogens is 448 g/mol. The molecule has 2 aliphatic rings. The molecule has 9 heteroatoms. The van der Waals surface area contributed by atoms with Gasteiger partial charge in [0, 0.05) is 51.3 Å². The molecular formula is C26H40N4O5. The largest absolute Gasteiger partial charge is 0.491 e. The Morgan fingerprint density at radius 3 is 2.57 bits per heavy atom. The Labute approximate surface area is 208 Å². The molecule has 1 heterocycles. The molecule has 0 aromatic heterocycles. The molecule has 3 rings (SSSR count). The summed E-state index contributed by atoms with van der Waals surface area (Å²) in [5, 5.41) is 5.54. The summed E-state index contributed by atoms with van der Waals surface area (Å²) in [7, 11) is 3.37. The van der Waals surface area contributed by atoms with E-state index in [9.17, 15) is 14.4 Å². The third-order valence-electron chi connectivity index (χ3n) is 6.98. The van der Waals surface area contributed by atoms with E-state index in [-0.39, 0.29) is 48.4 Å². The SMILES string of the molecule is CCCNC(=O)Nc1ccc2c(c1)C(=O)N(C)C[C@H](OC)[C@H](C)CN(C(=O)C1CCC1)[C@@H](C)CO2. The molecule has 3 atom stereocenters. The number of nitrogens with one attached hydrogen (secondary N) is 2. The number of hydrogen-bond acceptors (Lipinski definition) is 5. The molecule has 1 saturated carbocycles. The van der Waals surface area contributed by atoms with E-state index in [2.05, 4.69) is 17.6 Å². The minimum atomic E-state index is -0.325. The van der Waals surface area contributed by atoms with Crippen molar-refractivity contribution in [3.8, 4) is 5.75 Å². The Balaban J connectivity index is 1.90. The number of anilines is 1. The van der Waals surface area contributed by atoms with E-state index in [0.717, 1.165) is 25.7 Å². The van der Waals surface area contributed by atoms with Crippen molar-refractivity contribution in [1.29, 1.82) is 0 Å². The lowest BCUT2D eigenvalue weighted by Crippen LogP contribution is -2.51. The van der Waals surface area contributed by atoms with Gasteiger partial charge in [-0.2, -0.15) is 0 Å². The van der Waals surface area contributed by atoms with E-state index in [0.29, 0.717) is 36.6 Å². The van der Waals surface area contributed by atoms with Crippen LogP contribution < -0.4 is 15.4 Å². The van der Waals surface area contributed by atoms with E-state index in [1.165, 1.54) is 0 Å². The third kappa shape index (κ3) is 6.66. The maximum Gasteiger partial charge on any atom is 0.319 e. The number of nitrogens with zero attached hydrogens (tertiary/aromatic N) is 2. The van der Waals surface area contributed by atoms with Crippen LogP contribution in [0.5, 0.6) is 5.75 Å². The molecule has 0 bridgehead atoms. The summed E-state index contributed by atoms with van der Waals surface area (Å²) in [6, 6.07) is 4.56. The minimum absolute atomic E-state index is 0.0240. The summed E-state index contributed by atoms with van der Waals surface area (Å²) < 4.78 is 11.9. The second-order valence-corrected chi connectivity index (χ2v) is 9.81. The zero-order valence-corrected chi connectivity index (χ0v) is 21.6. The molecule has 0 saturated heterocycles. The molecule has 1 aromatic rings. The van der Waals surface area contributed by atoms with E-state index in [1.54, 1.807) is 37.3 Å². The topological polar surface area (TPSA) is 100 Å². The van der Waals surface area contributed by atoms with Crippen LogP contribution in [0.1, 0.15) is 56.8 Å². The maximum absolute atomic E-state index is 13.4. The molecule has 0 spiro atoms. The third-order valence-corrected chi connectivity index (χ3v) is 6.98. The van der Waals surface area contributed by atoms with Gasteiger partial charge in [-0.05, 0) is 44.4 Å². The second kappa shape index (κ2) is 12.2. The molecule has 1 fully saturated rings. The van der Waals surface area contributed by atoms with Gasteiger partial charge in [0.1, 0.15) is 12.4 Å². The fourth-order valence-corrected chi connectivity index (χ4v) is 4.46. The van der Waals surface area contributed by atoms with Crippen molar-refractivity contribution in [2.45, 2.75) is 58.6 Å². The number of rotatable bonds is 5. The number of urea groups is 1. The van der Waals surface area contributed by atoms with Crippen LogP contribution in [0.25, 0.3) is 0 Å². The average molecular weight is 489 g/mol. The number of carbonyl (C=O) groups excluding carboxylic acids is 3. The van der Waals surface area contributed by atoms with Gasteiger partial charge in [0.2, 0.25) is 5.91 Å². The molecule has 1 aliphatic heterocycles. The maximum atomic E-state index is 13.4. The van der Waals surface area contributed by atoms with Gasteiger partial charge < -0.3 is 29.9 Å². The van der Waals surface area contributed by atoms with E-state index >= 15 is 0 Å². The standard InChI is InChI=1S/C26H40N4O5/c1-6-12-27-26(33)28-20-10-11-22-21(13-20)25(32)29(4)15-23(34-5)17(2)14-30(18(3)16-35-22)24(31)19-8-7-9-19/h10-11,13,17-19,23H,6-9,12,14-16H2,1-5H3,(H2,27,28,33)/t17-,18+,23+/m1/s1. The number of amides is 4. The van der Waals surface area contributed by atoms with Crippen molar-refractivity contribution < 1.29 is 23.9 Å². The zero-order chi connectivity index (χ0) is 25.5. The van der Waals surface area contributed by atoms with Gasteiger partial charge in [-0.1, -0.05) is 20.3 Å². The van der Waals surface area contributed by atoms with Gasteiger partial charge in [0.15, 0.2) is 0 Å². The van der Waals surface area contributed by atoms with Crippen molar-refractivity contribution in [1.82, 2.24) is 15.1 Å². The quantitative estimate of drug-likeness (QED) is 0.662. The van der Waals surface area contributed by atoms with Crippen molar-refractivity contribution >= 4 is 23.5 Å². The number of ether oxygens (including phenoxy) is 2. The molecule has 1 aromatic carbocycles. The molecule has 9 nitrogen and oxygen atoms in total. The minimum Gasteiger partial charge on any atom is -0.491 e. The van der Waals surface area contributed by atoms with Crippen LogP contribution in [0.2, 0.25) is 0 Å². The number of methoxy groups -OCH3 is 1. The van der Waals surface area contributed by atoms with E-state index in [1.807, 2.05) is 18.7 Å². The van der Waals surface area contributed by atoms with Crippen molar-refractivity contribution in [2.24, 2.45) is 11.8 Å². The molecule has 1 aliphatic carbocycles. The van der Waals surface area contributed by atoms with Crippen molar-refractivity contribution in [2.75, 3.05) is 45.7 Å². The molecule has 0 unspecified atom stereocenters. The van der Waals surface area contributed by atoms with Crippen LogP contribution >= 0.6 is 0 Å². The van der Waals surface area contributed by atoms with Crippen molar-refractivity contribution in [3.63, 3.8) is 0 Å². The highest BCUT2D eigenvalue weighted by molar-refractivity contribution is 5.99. The first kappa shape index (κ1) is 26.8. The van der Waals surface area contributed by atoms with Gasteiger partial charge in [-0.3, -0.25) is 9.59 Å². The van der Waals surface area contributed by atoms with Crippen LogP contribution in [0.4, 0.5) is 10.5 Å². The normalized spacial score (nSPS) is 23.8. The Morgan fingerprint density at radius 1 is 1.20 bits per heavy atom. The van der Waals surface area contributed by atoms with Gasteiger partial charge in [0.05, 0.1) is 17.7 Å². The van der Waals surface area contributed by atoms with Crippen LogP contribution in [0, 0.1) is 11.8 Å². The fraction of sp³-hybridized carbons (Fsp3) is 0.654. The van der Waals surface area contributed by atoms with Crippen LogP contribution in [0.3, 0.4) is 0 Å². The highest BCUT2D eigenvalue weighted by atomic mass is 16.5. The van der Waals surface area contributed by atoms with Crippen LogP contribution in [-0.2, 0) is 9.53 Å². The Morgan fingerprint density at radius 2 is 1.94 bits per heavy atom. The summed E-state index contributed by atoms with van der Waals surface area (Å²) in [4.78, 5) is 42.3. The number of hydrogen-bond donors (Lipinski definition) is 2. The lowest BCUT2D eigenvalue weighted by molar-refractivity contribution is -0.142. The lowest BCUT2D eigenvalue weighted by Gasteiger charge is -2.39. The molecule has 4 amide bonds. The van der Waals surface area contributed by atoms with Gasteiger partial charge in [-0.15, -0.1) is 0 Å². The van der Waals surface area contributed by atoms with E-state index in [4.69, 9.17) is 9.47 Å². The number of carbonyl (C=O) groups is 3. The average Bonchev–Trinajstić information content (AvgIpc) is 2.80. The monoisotopic (exact) mass is 488 g/mol. The molecule has 2 N–H and O–H groups in total. The lowest BCUT2D eigenvalue weighted by atomic mass is 9.83. The smallest absolute Gasteiger partial charge is 0.319 e. The molecule has 35 heavy (non-hydrogen) atoms. The fourth-order valence-electron chi connectivity index (χ4n) is 4.46. The van der Waals surface area contributed by atoms with E-state index < -0.39 is 0 Å². The number of fused-ring (bicyclic) bond motifs is 1. The number of benzene rings is 1. The van der Waals surface area contributed by atoms with Gasteiger partial charge in [-0.25, -0.2) is 4.79 Å². The Kier molecular flexibility index (Phi) is 9.37. The first-order valence-electron chi connectivity index (χ1n) is 12.7. The zero-order valence-electron chi connectivity index (χ0n) is 21.6. The highest BCUT2D eigenvalue weighted by Crippen LogP contribution is 2.31. The first-order chi connectivity index (χ1) is 16.7. The summed E-state index contributed by atoms with van der Waals surface area (Å²) in [6.45, 7) is 7.75. The highest BCUT2D eigenvalue weighted by Gasteiger charge is 2.35. The predicted molar refractivity (Wildman–Crippen MR) is 135 cm³/mol. The summed E-state index contributed by atoms with van der Waals surface area (Å²) >= 11 is 0. The molecule has 194 valence electrons. The second-order valence-electron chi connectivity index (χ2n) is 9.81. The predicted octanol–water partition coefficient (Wildman–Crippen LogP) is 3.35. The van der Waals surface area contributed by atoms with Crippen LogP contribution in [0.15, 0.2) is 18.2 Å². The Bertz CT molecular complexity index is 904.